The number of carbonyl (C=O) groups excluding carboxylic acids is 3. The van der Waals surface area contributed by atoms with E-state index in [0.29, 0.717) is 19.6 Å². The number of benzene rings is 2. The minimum atomic E-state index is -0.798. The summed E-state index contributed by atoms with van der Waals surface area (Å²) >= 11 is 0. The van der Waals surface area contributed by atoms with Crippen LogP contribution in [0.15, 0.2) is 48.5 Å². The Kier molecular flexibility index (Phi) is 5.52. The second-order valence-corrected chi connectivity index (χ2v) is 10.8. The van der Waals surface area contributed by atoms with E-state index in [0.717, 1.165) is 35.1 Å². The van der Waals surface area contributed by atoms with Gasteiger partial charge in [-0.2, -0.15) is 0 Å². The van der Waals surface area contributed by atoms with Crippen molar-refractivity contribution in [1.29, 1.82) is 0 Å². The van der Waals surface area contributed by atoms with E-state index >= 15 is 0 Å². The number of ether oxygens (including phenoxy) is 1. The summed E-state index contributed by atoms with van der Waals surface area (Å²) in [4.78, 5) is 42.8. The first kappa shape index (κ1) is 22.5. The van der Waals surface area contributed by atoms with Crippen molar-refractivity contribution in [2.45, 2.75) is 57.1 Å². The molecule has 2 bridgehead atoms. The zero-order valence-electron chi connectivity index (χ0n) is 20.3. The van der Waals surface area contributed by atoms with Gasteiger partial charge in [-0.15, -0.1) is 0 Å². The van der Waals surface area contributed by atoms with Gasteiger partial charge in [-0.1, -0.05) is 62.4 Å². The molecule has 0 spiro atoms. The van der Waals surface area contributed by atoms with Crippen molar-refractivity contribution in [3.05, 3.63) is 70.8 Å². The maximum absolute atomic E-state index is 14.0. The van der Waals surface area contributed by atoms with Crippen molar-refractivity contribution in [1.82, 2.24) is 10.2 Å². The van der Waals surface area contributed by atoms with Crippen LogP contribution in [0, 0.1) is 17.8 Å². The Morgan fingerprint density at radius 3 is 1.89 bits per heavy atom. The van der Waals surface area contributed by atoms with E-state index in [1.165, 1.54) is 4.90 Å². The molecule has 7 rings (SSSR count). The van der Waals surface area contributed by atoms with Gasteiger partial charge < -0.3 is 10.1 Å². The minimum absolute atomic E-state index is 0.00561. The fourth-order valence-corrected chi connectivity index (χ4v) is 6.92. The number of hydrogen-bond donors (Lipinski definition) is 1. The molecule has 0 saturated carbocycles. The number of carbonyl (C=O) groups is 3. The largest absolute Gasteiger partial charge is 0.376 e. The number of rotatable bonds is 6. The summed E-state index contributed by atoms with van der Waals surface area (Å²) in [7, 11) is 0. The number of amides is 3. The number of imide groups is 1. The topological polar surface area (TPSA) is 75.7 Å². The lowest BCUT2D eigenvalue weighted by Crippen LogP contribution is -2.51. The van der Waals surface area contributed by atoms with Crippen molar-refractivity contribution >= 4 is 17.7 Å². The first-order chi connectivity index (χ1) is 17.0. The molecule has 2 aromatic carbocycles. The van der Waals surface area contributed by atoms with Gasteiger partial charge in [0.05, 0.1) is 17.9 Å². The van der Waals surface area contributed by atoms with Crippen molar-refractivity contribution in [2.75, 3.05) is 13.2 Å². The molecule has 2 saturated heterocycles. The quantitative estimate of drug-likeness (QED) is 0.652. The SMILES string of the molecule is CC(C)C[C@@H](C(=O)NC[C@@H]1CCCO1)N1C(=O)[C@@H]2C3c4ccccc4C(c4ccccc43)[C@@H]2C1=O. The highest BCUT2D eigenvalue weighted by Crippen LogP contribution is 2.61. The third-order valence-corrected chi connectivity index (χ3v) is 8.32. The first-order valence-electron chi connectivity index (χ1n) is 12.9. The summed E-state index contributed by atoms with van der Waals surface area (Å²) in [6.45, 7) is 5.17. The Bertz CT molecular complexity index is 1070. The Hall–Kier alpha value is -2.99. The van der Waals surface area contributed by atoms with Crippen molar-refractivity contribution in [2.24, 2.45) is 17.8 Å². The molecule has 2 aliphatic heterocycles. The van der Waals surface area contributed by atoms with Gasteiger partial charge in [0, 0.05) is 25.0 Å². The summed E-state index contributed by atoms with van der Waals surface area (Å²) in [5, 5.41) is 2.99. The molecule has 3 aliphatic carbocycles. The Balaban J connectivity index is 1.36. The number of hydrogen-bond acceptors (Lipinski definition) is 4. The molecular weight excluding hydrogens is 440 g/mol. The summed E-state index contributed by atoms with van der Waals surface area (Å²) in [6, 6.07) is 15.6. The first-order valence-corrected chi connectivity index (χ1v) is 12.9. The number of nitrogens with one attached hydrogen (secondary N) is 1. The summed E-state index contributed by atoms with van der Waals surface area (Å²) in [5.41, 5.74) is 4.57. The lowest BCUT2D eigenvalue weighted by molar-refractivity contribution is -0.148. The molecule has 5 aliphatic rings. The van der Waals surface area contributed by atoms with E-state index in [-0.39, 0.29) is 41.6 Å². The predicted octanol–water partition coefficient (Wildman–Crippen LogP) is 3.59. The van der Waals surface area contributed by atoms with Crippen molar-refractivity contribution < 1.29 is 19.1 Å². The van der Waals surface area contributed by atoms with E-state index in [2.05, 4.69) is 29.6 Å². The molecular formula is C29H32N2O4. The van der Waals surface area contributed by atoms with E-state index < -0.39 is 17.9 Å². The monoisotopic (exact) mass is 472 g/mol. The van der Waals surface area contributed by atoms with E-state index in [1.807, 2.05) is 38.1 Å². The molecule has 6 nitrogen and oxygen atoms in total. The van der Waals surface area contributed by atoms with Crippen LogP contribution in [0.4, 0.5) is 0 Å². The molecule has 0 unspecified atom stereocenters. The standard InChI is InChI=1S/C29H32N2O4/c1-16(2)14-22(27(32)30-15-17-8-7-13-35-17)31-28(33)25-23-18-9-3-4-10-19(18)24(26(25)29(31)34)21-12-6-5-11-20(21)23/h3-6,9-12,16-17,22-26H,7-8,13-15H2,1-2H3,(H,30,32)/t17-,22-,23?,24?,25-,26+/m0/s1. The summed E-state index contributed by atoms with van der Waals surface area (Å²) in [6.07, 6.45) is 2.36. The molecule has 35 heavy (non-hydrogen) atoms. The van der Waals surface area contributed by atoms with E-state index in [4.69, 9.17) is 4.74 Å². The molecule has 1 N–H and O–H groups in total. The van der Waals surface area contributed by atoms with E-state index in [9.17, 15) is 14.4 Å². The smallest absolute Gasteiger partial charge is 0.243 e. The van der Waals surface area contributed by atoms with Crippen LogP contribution in [0.3, 0.4) is 0 Å². The average Bonchev–Trinajstić information content (AvgIpc) is 3.48. The highest BCUT2D eigenvalue weighted by atomic mass is 16.5. The molecule has 4 atom stereocenters. The molecule has 2 aromatic rings. The maximum atomic E-state index is 14.0. The summed E-state index contributed by atoms with van der Waals surface area (Å²) < 4.78 is 5.65. The van der Waals surface area contributed by atoms with Crippen molar-refractivity contribution in [3.8, 4) is 0 Å². The van der Waals surface area contributed by atoms with Crippen LogP contribution >= 0.6 is 0 Å². The van der Waals surface area contributed by atoms with Gasteiger partial charge in [0.25, 0.3) is 0 Å². The fourth-order valence-electron chi connectivity index (χ4n) is 6.92. The molecule has 182 valence electrons. The molecule has 3 amide bonds. The number of nitrogens with zero attached hydrogens (tertiary/aromatic N) is 1. The van der Waals surface area contributed by atoms with Crippen LogP contribution in [-0.4, -0.2) is 47.9 Å². The van der Waals surface area contributed by atoms with Crippen LogP contribution in [0.25, 0.3) is 0 Å². The zero-order chi connectivity index (χ0) is 24.3. The molecule has 2 fully saturated rings. The van der Waals surface area contributed by atoms with Crippen LogP contribution < -0.4 is 5.32 Å². The molecule has 0 radical (unpaired) electrons. The second kappa shape index (κ2) is 8.59. The van der Waals surface area contributed by atoms with Crippen LogP contribution in [0.1, 0.15) is 67.2 Å². The van der Waals surface area contributed by atoms with Crippen LogP contribution in [0.5, 0.6) is 0 Å². The van der Waals surface area contributed by atoms with Crippen molar-refractivity contribution in [3.63, 3.8) is 0 Å². The summed E-state index contributed by atoms with van der Waals surface area (Å²) in [5.74, 6) is -1.73. The normalized spacial score (nSPS) is 29.2. The Labute approximate surface area is 206 Å². The van der Waals surface area contributed by atoms with Gasteiger partial charge in [-0.3, -0.25) is 19.3 Å². The highest BCUT2D eigenvalue weighted by molar-refractivity contribution is 6.10. The Morgan fingerprint density at radius 2 is 1.46 bits per heavy atom. The van der Waals surface area contributed by atoms with Gasteiger partial charge in [0.1, 0.15) is 6.04 Å². The minimum Gasteiger partial charge on any atom is -0.376 e. The third-order valence-electron chi connectivity index (χ3n) is 8.32. The average molecular weight is 473 g/mol. The van der Waals surface area contributed by atoms with Gasteiger partial charge in [-0.25, -0.2) is 0 Å². The lowest BCUT2D eigenvalue weighted by atomic mass is 9.55. The van der Waals surface area contributed by atoms with Gasteiger partial charge in [-0.05, 0) is 47.4 Å². The fraction of sp³-hybridized carbons (Fsp3) is 0.483. The predicted molar refractivity (Wildman–Crippen MR) is 131 cm³/mol. The van der Waals surface area contributed by atoms with Gasteiger partial charge in [0.15, 0.2) is 0 Å². The maximum Gasteiger partial charge on any atom is 0.243 e. The zero-order valence-corrected chi connectivity index (χ0v) is 20.3. The second-order valence-electron chi connectivity index (χ2n) is 10.8. The van der Waals surface area contributed by atoms with Gasteiger partial charge in [0.2, 0.25) is 17.7 Å². The highest BCUT2D eigenvalue weighted by Gasteiger charge is 2.63. The molecule has 0 aromatic heterocycles. The van der Waals surface area contributed by atoms with Crippen LogP contribution in [0.2, 0.25) is 0 Å². The van der Waals surface area contributed by atoms with E-state index in [1.54, 1.807) is 0 Å². The molecule has 2 heterocycles. The van der Waals surface area contributed by atoms with Gasteiger partial charge >= 0.3 is 0 Å². The third kappa shape index (κ3) is 3.45. The Morgan fingerprint density at radius 1 is 0.943 bits per heavy atom. The molecule has 6 heteroatoms. The van der Waals surface area contributed by atoms with Crippen LogP contribution in [-0.2, 0) is 19.1 Å². The lowest BCUT2D eigenvalue weighted by Gasteiger charge is -2.45. The number of likely N-dealkylation sites (tertiary alicyclic amines) is 1.